The number of pyridine rings is 1. The van der Waals surface area contributed by atoms with Gasteiger partial charge in [0.1, 0.15) is 27.2 Å². The molecule has 3 aromatic heterocycles. The normalized spacial score (nSPS) is 11.0. The topological polar surface area (TPSA) is 156 Å². The van der Waals surface area contributed by atoms with E-state index < -0.39 is 11.4 Å². The number of rotatable bonds is 4. The zero-order valence-corrected chi connectivity index (χ0v) is 19.7. The summed E-state index contributed by atoms with van der Waals surface area (Å²) in [6, 6.07) is 16.0. The van der Waals surface area contributed by atoms with Gasteiger partial charge < -0.3 is 11.5 Å². The number of nitriles is 1. The van der Waals surface area contributed by atoms with Gasteiger partial charge in [-0.25, -0.2) is 9.78 Å². The number of aromatic amines is 1. The Morgan fingerprint density at radius 3 is 2.51 bits per heavy atom. The number of hydrogen-bond donors (Lipinski definition) is 3. The molecule has 0 spiro atoms. The van der Waals surface area contributed by atoms with E-state index in [0.29, 0.717) is 32.1 Å². The summed E-state index contributed by atoms with van der Waals surface area (Å²) in [5.74, 6) is -0.652. The maximum atomic E-state index is 13.6. The molecule has 3 heterocycles. The molecule has 0 aliphatic rings. The number of benzene rings is 2. The Labute approximate surface area is 206 Å². The summed E-state index contributed by atoms with van der Waals surface area (Å²) in [6.07, 6.45) is 0. The number of ketones is 1. The predicted octanol–water partition coefficient (Wildman–Crippen LogP) is 3.75. The average molecular weight is 504 g/mol. The van der Waals surface area contributed by atoms with Crippen molar-refractivity contribution >= 4 is 50.4 Å². The third kappa shape index (κ3) is 3.63. The number of H-pyrrole nitrogens is 1. The molecule has 2 aromatic carbocycles. The van der Waals surface area contributed by atoms with Gasteiger partial charge in [0.2, 0.25) is 5.69 Å². The van der Waals surface area contributed by atoms with Gasteiger partial charge in [-0.15, -0.1) is 11.3 Å². The second-order valence-corrected chi connectivity index (χ2v) is 9.16. The Morgan fingerprint density at radius 2 is 1.86 bits per heavy atom. The van der Waals surface area contributed by atoms with Crippen LogP contribution in [-0.4, -0.2) is 16.0 Å². The largest absolute Gasteiger partial charge is 0.439 e. The molecule has 0 aliphatic carbocycles. The lowest BCUT2D eigenvalue weighted by Gasteiger charge is -2.09. The average Bonchev–Trinajstić information content (AvgIpc) is 3.38. The summed E-state index contributed by atoms with van der Waals surface area (Å²) in [7, 11) is 0. The summed E-state index contributed by atoms with van der Waals surface area (Å²) in [5.41, 5.74) is 14.2. The fourth-order valence-corrected chi connectivity index (χ4v) is 4.99. The first-order chi connectivity index (χ1) is 16.8. The molecule has 0 atom stereocenters. The molecule has 11 heteroatoms. The molecule has 35 heavy (non-hydrogen) atoms. The van der Waals surface area contributed by atoms with Gasteiger partial charge in [0.15, 0.2) is 0 Å². The number of nitrogens with two attached hydrogens (primary N) is 2. The van der Waals surface area contributed by atoms with E-state index >= 15 is 0 Å². The second-order valence-electron chi connectivity index (χ2n) is 7.72. The van der Waals surface area contributed by atoms with E-state index in [9.17, 15) is 14.9 Å². The van der Waals surface area contributed by atoms with E-state index in [4.69, 9.17) is 27.6 Å². The number of hydrogen-bond acceptors (Lipinski definition) is 8. The smallest absolute Gasteiger partial charge is 0.397 e. The van der Waals surface area contributed by atoms with Crippen molar-refractivity contribution in [3.05, 3.63) is 85.7 Å². The van der Waals surface area contributed by atoms with Gasteiger partial charge >= 0.3 is 11.3 Å². The standard InChI is InChI=1S/C24H15ClN6O3S/c1-11-2-8-14(9-3-11)31-19(24(33)34-30-31)20(32)21-18(27)17-16(12-4-6-13(25)7-5-12)15(10-26)22(28)29-23(17)35-21/h2-9H,1H3,(H4-,27,28,29,30,32,33)/p+1. The Hall–Kier alpha value is -4.46. The minimum Gasteiger partial charge on any atom is -0.397 e. The number of nitrogens with one attached hydrogen (secondary N) is 1. The van der Waals surface area contributed by atoms with Crippen LogP contribution in [0.4, 0.5) is 11.5 Å². The molecular weight excluding hydrogens is 488 g/mol. The number of aryl methyl sites for hydroxylation is 1. The van der Waals surface area contributed by atoms with Crippen molar-refractivity contribution in [1.29, 1.82) is 5.26 Å². The van der Waals surface area contributed by atoms with Gasteiger partial charge in [-0.05, 0) is 34.6 Å². The third-order valence-electron chi connectivity index (χ3n) is 5.51. The molecule has 5 N–H and O–H groups in total. The molecule has 172 valence electrons. The van der Waals surface area contributed by atoms with E-state index in [1.54, 1.807) is 36.4 Å². The number of nitrogen functional groups attached to an aromatic ring is 2. The molecule has 0 radical (unpaired) electrons. The molecular formula is C24H16ClN6O3S+. The molecule has 0 fully saturated rings. The van der Waals surface area contributed by atoms with Crippen LogP contribution in [0.5, 0.6) is 0 Å². The molecule has 0 aliphatic heterocycles. The molecule has 5 aromatic rings. The van der Waals surface area contributed by atoms with Crippen molar-refractivity contribution in [2.75, 3.05) is 11.5 Å². The van der Waals surface area contributed by atoms with Crippen molar-refractivity contribution in [3.8, 4) is 22.9 Å². The quantitative estimate of drug-likeness (QED) is 0.249. The Bertz CT molecular complexity index is 1730. The van der Waals surface area contributed by atoms with Crippen LogP contribution < -0.4 is 21.8 Å². The number of carbonyl (C=O) groups is 1. The van der Waals surface area contributed by atoms with Gasteiger partial charge in [0.05, 0.1) is 5.69 Å². The van der Waals surface area contributed by atoms with E-state index in [0.717, 1.165) is 16.9 Å². The maximum absolute atomic E-state index is 13.6. The highest BCUT2D eigenvalue weighted by molar-refractivity contribution is 7.21. The van der Waals surface area contributed by atoms with Crippen LogP contribution in [0.2, 0.25) is 5.02 Å². The number of aromatic nitrogens is 3. The van der Waals surface area contributed by atoms with Crippen LogP contribution in [0.1, 0.15) is 26.5 Å². The molecule has 0 unspecified atom stereocenters. The van der Waals surface area contributed by atoms with Crippen LogP contribution in [0, 0.1) is 18.3 Å². The van der Waals surface area contributed by atoms with Gasteiger partial charge in [-0.2, -0.15) is 5.26 Å². The summed E-state index contributed by atoms with van der Waals surface area (Å²) in [4.78, 5) is 30.9. The van der Waals surface area contributed by atoms with Gasteiger partial charge in [-0.3, -0.25) is 9.32 Å². The molecule has 0 saturated heterocycles. The monoisotopic (exact) mass is 503 g/mol. The van der Waals surface area contributed by atoms with Crippen molar-refractivity contribution < 1.29 is 14.0 Å². The van der Waals surface area contributed by atoms with Gasteiger partial charge in [-0.1, -0.05) is 41.4 Å². The number of thiophene rings is 1. The highest BCUT2D eigenvalue weighted by atomic mass is 35.5. The fourth-order valence-electron chi connectivity index (χ4n) is 3.81. The highest BCUT2D eigenvalue weighted by Gasteiger charge is 2.35. The van der Waals surface area contributed by atoms with Crippen molar-refractivity contribution in [2.45, 2.75) is 6.92 Å². The van der Waals surface area contributed by atoms with Gasteiger partial charge in [0.25, 0.3) is 5.78 Å². The summed E-state index contributed by atoms with van der Waals surface area (Å²) in [6.45, 7) is 1.92. The van der Waals surface area contributed by atoms with Crippen molar-refractivity contribution in [3.63, 3.8) is 0 Å². The number of anilines is 2. The van der Waals surface area contributed by atoms with E-state index in [1.165, 1.54) is 4.68 Å². The lowest BCUT2D eigenvalue weighted by molar-refractivity contribution is -0.672. The zero-order chi connectivity index (χ0) is 24.9. The number of carbonyl (C=O) groups excluding carboxylic acids is 1. The van der Waals surface area contributed by atoms with Crippen LogP contribution >= 0.6 is 22.9 Å². The lowest BCUT2D eigenvalue weighted by atomic mass is 9.97. The molecule has 9 nitrogen and oxygen atoms in total. The minimum atomic E-state index is -0.851. The van der Waals surface area contributed by atoms with E-state index in [-0.39, 0.29) is 27.6 Å². The minimum absolute atomic E-state index is 0.000997. The van der Waals surface area contributed by atoms with Crippen LogP contribution in [0.25, 0.3) is 27.0 Å². The SMILES string of the molecule is Cc1ccc(-[n+]2[nH]oc(=O)c2C(=O)c2sc3nc(N)c(C#N)c(-c4ccc(Cl)cc4)c3c2N)cc1. The number of halogens is 1. The van der Waals surface area contributed by atoms with E-state index in [2.05, 4.69) is 16.3 Å². The number of nitrogens with zero attached hydrogens (tertiary/aromatic N) is 3. The van der Waals surface area contributed by atoms with Crippen LogP contribution in [-0.2, 0) is 0 Å². The summed E-state index contributed by atoms with van der Waals surface area (Å²) in [5, 5.41) is 13.2. The van der Waals surface area contributed by atoms with Gasteiger partial charge in [0, 0.05) is 28.1 Å². The maximum Gasteiger partial charge on any atom is 0.439 e. The third-order valence-corrected chi connectivity index (χ3v) is 6.86. The highest BCUT2D eigenvalue weighted by Crippen LogP contribution is 2.43. The summed E-state index contributed by atoms with van der Waals surface area (Å²) >= 11 is 7.01. The van der Waals surface area contributed by atoms with Crippen LogP contribution in [0.15, 0.2) is 57.8 Å². The summed E-state index contributed by atoms with van der Waals surface area (Å²) < 4.78 is 6.19. The Kier molecular flexibility index (Phi) is 5.36. The Morgan fingerprint density at radius 1 is 1.17 bits per heavy atom. The number of fused-ring (bicyclic) bond motifs is 1. The van der Waals surface area contributed by atoms with Crippen LogP contribution in [0.3, 0.4) is 0 Å². The van der Waals surface area contributed by atoms with Crippen molar-refractivity contribution in [2.24, 2.45) is 0 Å². The first-order valence-electron chi connectivity index (χ1n) is 10.2. The van der Waals surface area contributed by atoms with E-state index in [1.807, 2.05) is 19.1 Å². The molecule has 0 saturated carbocycles. The first kappa shape index (κ1) is 22.3. The predicted molar refractivity (Wildman–Crippen MR) is 133 cm³/mol. The first-order valence-corrected chi connectivity index (χ1v) is 11.4. The second kappa shape index (κ2) is 8.39. The molecule has 5 rings (SSSR count). The van der Waals surface area contributed by atoms with Crippen molar-refractivity contribution in [1.82, 2.24) is 10.3 Å². The zero-order valence-electron chi connectivity index (χ0n) is 18.1. The fraction of sp³-hybridized carbons (Fsp3) is 0.0417. The molecule has 0 bridgehead atoms. The Balaban J connectivity index is 1.75. The lowest BCUT2D eigenvalue weighted by Crippen LogP contribution is -2.41. The molecule has 0 amide bonds.